The van der Waals surface area contributed by atoms with Gasteiger partial charge in [0.1, 0.15) is 5.82 Å². The SMILES string of the molecule is Cn1c(C2CC2)nc2cc(NC3CCCOC3)ccc21. The number of aromatic nitrogens is 2. The fourth-order valence-corrected chi connectivity index (χ4v) is 3.11. The second-order valence-electron chi connectivity index (χ2n) is 6.07. The minimum Gasteiger partial charge on any atom is -0.380 e. The van der Waals surface area contributed by atoms with Crippen LogP contribution >= 0.6 is 0 Å². The highest BCUT2D eigenvalue weighted by Gasteiger charge is 2.28. The number of anilines is 1. The van der Waals surface area contributed by atoms with Gasteiger partial charge in [0.25, 0.3) is 0 Å². The van der Waals surface area contributed by atoms with Crippen LogP contribution in [0.4, 0.5) is 5.69 Å². The zero-order chi connectivity index (χ0) is 13.5. The molecule has 2 aromatic rings. The first kappa shape index (κ1) is 12.2. The number of rotatable bonds is 3. The monoisotopic (exact) mass is 271 g/mol. The molecule has 4 nitrogen and oxygen atoms in total. The molecular formula is C16H21N3O. The van der Waals surface area contributed by atoms with Gasteiger partial charge in [0.05, 0.1) is 17.6 Å². The van der Waals surface area contributed by atoms with E-state index in [0.29, 0.717) is 12.0 Å². The maximum Gasteiger partial charge on any atom is 0.112 e. The Balaban J connectivity index is 1.61. The van der Waals surface area contributed by atoms with E-state index in [0.717, 1.165) is 30.8 Å². The first-order valence-corrected chi connectivity index (χ1v) is 7.62. The normalized spacial score (nSPS) is 23.1. The molecule has 2 heterocycles. The summed E-state index contributed by atoms with van der Waals surface area (Å²) in [5, 5.41) is 3.57. The van der Waals surface area contributed by atoms with Gasteiger partial charge in [0.2, 0.25) is 0 Å². The average molecular weight is 271 g/mol. The maximum atomic E-state index is 5.52. The molecule has 4 rings (SSSR count). The lowest BCUT2D eigenvalue weighted by Gasteiger charge is -2.24. The quantitative estimate of drug-likeness (QED) is 0.932. The van der Waals surface area contributed by atoms with Crippen LogP contribution in [0, 0.1) is 0 Å². The third-order valence-electron chi connectivity index (χ3n) is 4.39. The first-order valence-electron chi connectivity index (χ1n) is 7.62. The summed E-state index contributed by atoms with van der Waals surface area (Å²) in [5.74, 6) is 1.94. The summed E-state index contributed by atoms with van der Waals surface area (Å²) in [7, 11) is 2.13. The van der Waals surface area contributed by atoms with Crippen LogP contribution in [0.3, 0.4) is 0 Å². The lowest BCUT2D eigenvalue weighted by Crippen LogP contribution is -2.29. The summed E-state index contributed by atoms with van der Waals surface area (Å²) in [5.41, 5.74) is 3.50. The minimum absolute atomic E-state index is 0.438. The Morgan fingerprint density at radius 3 is 2.95 bits per heavy atom. The van der Waals surface area contributed by atoms with Crippen LogP contribution in [0.15, 0.2) is 18.2 Å². The Hall–Kier alpha value is -1.55. The fourth-order valence-electron chi connectivity index (χ4n) is 3.11. The molecule has 0 spiro atoms. The van der Waals surface area contributed by atoms with E-state index in [2.05, 4.69) is 35.1 Å². The van der Waals surface area contributed by atoms with Crippen molar-refractivity contribution in [2.45, 2.75) is 37.6 Å². The molecule has 2 fully saturated rings. The van der Waals surface area contributed by atoms with Gasteiger partial charge in [-0.15, -0.1) is 0 Å². The predicted molar refractivity (Wildman–Crippen MR) is 80.2 cm³/mol. The number of nitrogens with one attached hydrogen (secondary N) is 1. The van der Waals surface area contributed by atoms with Crippen LogP contribution in [-0.2, 0) is 11.8 Å². The second-order valence-corrected chi connectivity index (χ2v) is 6.07. The van der Waals surface area contributed by atoms with Crippen molar-refractivity contribution < 1.29 is 4.74 Å². The first-order chi connectivity index (χ1) is 9.81. The van der Waals surface area contributed by atoms with E-state index in [9.17, 15) is 0 Å². The van der Waals surface area contributed by atoms with Crippen molar-refractivity contribution in [3.05, 3.63) is 24.0 Å². The molecule has 1 saturated heterocycles. The van der Waals surface area contributed by atoms with Crippen LogP contribution in [0.2, 0.25) is 0 Å². The molecule has 106 valence electrons. The van der Waals surface area contributed by atoms with Gasteiger partial charge < -0.3 is 14.6 Å². The van der Waals surface area contributed by atoms with Gasteiger partial charge in [-0.05, 0) is 43.9 Å². The second kappa shape index (κ2) is 4.77. The molecule has 1 aliphatic carbocycles. The number of hydrogen-bond acceptors (Lipinski definition) is 3. The summed E-state index contributed by atoms with van der Waals surface area (Å²) in [6, 6.07) is 6.96. The molecular weight excluding hydrogens is 250 g/mol. The Bertz CT molecular complexity index is 624. The molecule has 1 N–H and O–H groups in total. The van der Waals surface area contributed by atoms with Crippen molar-refractivity contribution in [1.29, 1.82) is 0 Å². The summed E-state index contributed by atoms with van der Waals surface area (Å²) in [6.45, 7) is 1.72. The summed E-state index contributed by atoms with van der Waals surface area (Å²) in [4.78, 5) is 4.82. The third kappa shape index (κ3) is 2.18. The number of hydrogen-bond donors (Lipinski definition) is 1. The van der Waals surface area contributed by atoms with Gasteiger partial charge in [0, 0.05) is 31.3 Å². The molecule has 20 heavy (non-hydrogen) atoms. The molecule has 1 aliphatic heterocycles. The average Bonchev–Trinajstić information content (AvgIpc) is 3.26. The molecule has 0 radical (unpaired) electrons. The van der Waals surface area contributed by atoms with E-state index in [-0.39, 0.29) is 0 Å². The van der Waals surface area contributed by atoms with E-state index in [4.69, 9.17) is 9.72 Å². The number of imidazole rings is 1. The molecule has 2 aliphatic rings. The standard InChI is InChI=1S/C16H21N3O/c1-19-15-7-6-12(17-13-3-2-8-20-10-13)9-14(15)18-16(19)11-4-5-11/h6-7,9,11,13,17H,2-5,8,10H2,1H3. The Morgan fingerprint density at radius 1 is 1.30 bits per heavy atom. The van der Waals surface area contributed by atoms with Crippen LogP contribution in [0.25, 0.3) is 11.0 Å². The largest absolute Gasteiger partial charge is 0.380 e. The minimum atomic E-state index is 0.438. The van der Waals surface area contributed by atoms with Crippen molar-refractivity contribution in [3.63, 3.8) is 0 Å². The van der Waals surface area contributed by atoms with Gasteiger partial charge in [-0.1, -0.05) is 0 Å². The molecule has 0 amide bonds. The van der Waals surface area contributed by atoms with Gasteiger partial charge in [-0.25, -0.2) is 4.98 Å². The fraction of sp³-hybridized carbons (Fsp3) is 0.562. The molecule has 0 bridgehead atoms. The van der Waals surface area contributed by atoms with E-state index in [1.807, 2.05) is 0 Å². The topological polar surface area (TPSA) is 39.1 Å². The maximum absolute atomic E-state index is 5.52. The lowest BCUT2D eigenvalue weighted by atomic mass is 10.1. The van der Waals surface area contributed by atoms with Gasteiger partial charge >= 0.3 is 0 Å². The van der Waals surface area contributed by atoms with Crippen molar-refractivity contribution in [2.75, 3.05) is 18.5 Å². The Kier molecular flexibility index (Phi) is 2.91. The van der Waals surface area contributed by atoms with Crippen LogP contribution in [0.5, 0.6) is 0 Å². The molecule has 1 atom stereocenters. The zero-order valence-electron chi connectivity index (χ0n) is 11.9. The molecule has 1 unspecified atom stereocenters. The highest BCUT2D eigenvalue weighted by atomic mass is 16.5. The number of benzene rings is 1. The summed E-state index contributed by atoms with van der Waals surface area (Å²) >= 11 is 0. The van der Waals surface area contributed by atoms with Crippen molar-refractivity contribution in [3.8, 4) is 0 Å². The number of aryl methyl sites for hydroxylation is 1. The van der Waals surface area contributed by atoms with Crippen LogP contribution in [0.1, 0.15) is 37.4 Å². The molecule has 1 aromatic carbocycles. The van der Waals surface area contributed by atoms with Gasteiger partial charge in [-0.3, -0.25) is 0 Å². The highest BCUT2D eigenvalue weighted by molar-refractivity contribution is 5.80. The zero-order valence-corrected chi connectivity index (χ0v) is 11.9. The predicted octanol–water partition coefficient (Wildman–Crippen LogP) is 3.04. The summed E-state index contributed by atoms with van der Waals surface area (Å²) in [6.07, 6.45) is 4.92. The van der Waals surface area contributed by atoms with Gasteiger partial charge in [0.15, 0.2) is 0 Å². The number of ether oxygens (including phenoxy) is 1. The highest BCUT2D eigenvalue weighted by Crippen LogP contribution is 2.40. The van der Waals surface area contributed by atoms with E-state index in [1.165, 1.54) is 30.6 Å². The van der Waals surface area contributed by atoms with Crippen molar-refractivity contribution >= 4 is 16.7 Å². The molecule has 1 saturated carbocycles. The number of nitrogens with zero attached hydrogens (tertiary/aromatic N) is 2. The molecule has 4 heteroatoms. The third-order valence-corrected chi connectivity index (χ3v) is 4.39. The Morgan fingerprint density at radius 2 is 2.20 bits per heavy atom. The number of fused-ring (bicyclic) bond motifs is 1. The van der Waals surface area contributed by atoms with Crippen LogP contribution in [-0.4, -0.2) is 28.8 Å². The van der Waals surface area contributed by atoms with Crippen molar-refractivity contribution in [2.24, 2.45) is 7.05 Å². The van der Waals surface area contributed by atoms with E-state index >= 15 is 0 Å². The van der Waals surface area contributed by atoms with Gasteiger partial charge in [-0.2, -0.15) is 0 Å². The lowest BCUT2D eigenvalue weighted by molar-refractivity contribution is 0.0876. The van der Waals surface area contributed by atoms with Crippen LogP contribution < -0.4 is 5.32 Å². The van der Waals surface area contributed by atoms with Crippen molar-refractivity contribution in [1.82, 2.24) is 9.55 Å². The smallest absolute Gasteiger partial charge is 0.112 e. The Labute approximate surface area is 119 Å². The van der Waals surface area contributed by atoms with E-state index < -0.39 is 0 Å². The summed E-state index contributed by atoms with van der Waals surface area (Å²) < 4.78 is 7.77. The molecule has 1 aromatic heterocycles. The van der Waals surface area contributed by atoms with E-state index in [1.54, 1.807) is 0 Å².